The number of carbonyl (C=O) groups excluding carboxylic acids is 1. The molecule has 0 unspecified atom stereocenters. The van der Waals surface area contributed by atoms with E-state index in [4.69, 9.17) is 4.74 Å². The van der Waals surface area contributed by atoms with E-state index in [1.54, 1.807) is 23.7 Å². The molecule has 2 heterocycles. The molecule has 33 heavy (non-hydrogen) atoms. The molecule has 4 aromatic rings. The lowest BCUT2D eigenvalue weighted by Gasteiger charge is -2.23. The van der Waals surface area contributed by atoms with Gasteiger partial charge in [0.25, 0.3) is 5.91 Å². The van der Waals surface area contributed by atoms with Crippen LogP contribution in [0.3, 0.4) is 0 Å². The number of hydrogen-bond acceptors (Lipinski definition) is 5. The Bertz CT molecular complexity index is 1170. The van der Waals surface area contributed by atoms with Gasteiger partial charge in [0.15, 0.2) is 0 Å². The fourth-order valence-electron chi connectivity index (χ4n) is 3.52. The second-order valence-electron chi connectivity index (χ2n) is 7.86. The first-order valence-corrected chi connectivity index (χ1v) is 11.9. The molecule has 0 saturated carbocycles. The van der Waals surface area contributed by atoms with Crippen LogP contribution < -0.4 is 4.74 Å². The van der Waals surface area contributed by atoms with Gasteiger partial charge in [-0.1, -0.05) is 37.3 Å². The number of hydrogen-bond donors (Lipinski definition) is 0. The average Bonchev–Trinajstić information content (AvgIpc) is 3.28. The van der Waals surface area contributed by atoms with Crippen molar-refractivity contribution in [2.75, 3.05) is 0 Å². The minimum Gasteiger partial charge on any atom is -0.487 e. The summed E-state index contributed by atoms with van der Waals surface area (Å²) in [6.07, 6.45) is 4.54. The quantitative estimate of drug-likeness (QED) is 0.317. The standard InChI is InChI=1S/C27H27N3O2S/c1-3-21-6-8-22(9-7-21)16-30(17-23-5-4-14-28-15-23)27(31)24-10-12-26(13-11-24)32-18-25-19-33-20(2)29-25/h4-15,19H,3,16-18H2,1-2H3. The van der Waals surface area contributed by atoms with Gasteiger partial charge in [-0.15, -0.1) is 11.3 Å². The van der Waals surface area contributed by atoms with Gasteiger partial charge >= 0.3 is 0 Å². The van der Waals surface area contributed by atoms with Gasteiger partial charge in [0.05, 0.1) is 10.7 Å². The molecule has 2 aromatic carbocycles. The minimum atomic E-state index is -0.0277. The summed E-state index contributed by atoms with van der Waals surface area (Å²) in [7, 11) is 0. The van der Waals surface area contributed by atoms with Crippen LogP contribution in [0.25, 0.3) is 0 Å². The molecule has 5 nitrogen and oxygen atoms in total. The van der Waals surface area contributed by atoms with Crippen molar-refractivity contribution in [2.24, 2.45) is 0 Å². The topological polar surface area (TPSA) is 55.3 Å². The summed E-state index contributed by atoms with van der Waals surface area (Å²) < 4.78 is 5.82. The van der Waals surface area contributed by atoms with E-state index in [2.05, 4.69) is 41.2 Å². The zero-order valence-electron chi connectivity index (χ0n) is 18.9. The zero-order chi connectivity index (χ0) is 23.0. The number of thiazole rings is 1. The van der Waals surface area contributed by atoms with E-state index in [0.717, 1.165) is 28.2 Å². The van der Waals surface area contributed by atoms with Crippen molar-refractivity contribution in [2.45, 2.75) is 40.0 Å². The second-order valence-corrected chi connectivity index (χ2v) is 8.93. The van der Waals surface area contributed by atoms with Crippen LogP contribution in [0.4, 0.5) is 0 Å². The molecule has 0 atom stereocenters. The highest BCUT2D eigenvalue weighted by molar-refractivity contribution is 7.09. The van der Waals surface area contributed by atoms with Gasteiger partial charge in [-0.3, -0.25) is 9.78 Å². The molecular formula is C27H27N3O2S. The minimum absolute atomic E-state index is 0.0277. The van der Waals surface area contributed by atoms with Crippen LogP contribution in [0.2, 0.25) is 0 Å². The van der Waals surface area contributed by atoms with E-state index in [9.17, 15) is 4.79 Å². The van der Waals surface area contributed by atoms with Crippen molar-refractivity contribution in [1.29, 1.82) is 0 Å². The Kier molecular flexibility index (Phi) is 7.47. The first-order chi connectivity index (χ1) is 16.1. The average molecular weight is 458 g/mol. The molecule has 168 valence electrons. The lowest BCUT2D eigenvalue weighted by Crippen LogP contribution is -2.30. The number of aromatic nitrogens is 2. The van der Waals surface area contributed by atoms with E-state index >= 15 is 0 Å². The first-order valence-electron chi connectivity index (χ1n) is 11.0. The summed E-state index contributed by atoms with van der Waals surface area (Å²) in [5, 5.41) is 3.02. The maximum atomic E-state index is 13.4. The van der Waals surface area contributed by atoms with E-state index in [1.165, 1.54) is 5.56 Å². The molecule has 0 bridgehead atoms. The molecular weight excluding hydrogens is 430 g/mol. The third kappa shape index (κ3) is 6.26. The van der Waals surface area contributed by atoms with Crippen molar-refractivity contribution in [3.05, 3.63) is 111 Å². The zero-order valence-corrected chi connectivity index (χ0v) is 19.7. The van der Waals surface area contributed by atoms with Gasteiger partial charge in [0.2, 0.25) is 0 Å². The fraction of sp³-hybridized carbons (Fsp3) is 0.222. The molecule has 0 aliphatic heterocycles. The first kappa shape index (κ1) is 22.7. The predicted octanol–water partition coefficient (Wildman–Crippen LogP) is 5.83. The number of nitrogens with zero attached hydrogens (tertiary/aromatic N) is 3. The lowest BCUT2D eigenvalue weighted by molar-refractivity contribution is 0.0730. The molecule has 2 aromatic heterocycles. The number of pyridine rings is 1. The number of aryl methyl sites for hydroxylation is 2. The van der Waals surface area contributed by atoms with Crippen LogP contribution in [-0.4, -0.2) is 20.8 Å². The Morgan fingerprint density at radius 3 is 2.33 bits per heavy atom. The Hall–Kier alpha value is -3.51. The molecule has 0 fully saturated rings. The largest absolute Gasteiger partial charge is 0.487 e. The molecule has 0 saturated heterocycles. The molecule has 0 spiro atoms. The van der Waals surface area contributed by atoms with Crippen LogP contribution in [0.1, 0.15) is 44.7 Å². The lowest BCUT2D eigenvalue weighted by atomic mass is 10.1. The van der Waals surface area contributed by atoms with E-state index < -0.39 is 0 Å². The second kappa shape index (κ2) is 10.9. The fourth-order valence-corrected chi connectivity index (χ4v) is 4.12. The Balaban J connectivity index is 1.48. The summed E-state index contributed by atoms with van der Waals surface area (Å²) in [5.74, 6) is 0.686. The summed E-state index contributed by atoms with van der Waals surface area (Å²) in [6, 6.07) is 19.6. The summed E-state index contributed by atoms with van der Waals surface area (Å²) >= 11 is 1.61. The van der Waals surface area contributed by atoms with Crippen molar-refractivity contribution in [3.63, 3.8) is 0 Å². The van der Waals surface area contributed by atoms with E-state index in [1.807, 2.05) is 53.6 Å². The smallest absolute Gasteiger partial charge is 0.254 e. The molecule has 6 heteroatoms. The van der Waals surface area contributed by atoms with Crippen LogP contribution in [0.15, 0.2) is 78.4 Å². The molecule has 0 radical (unpaired) electrons. The third-order valence-corrected chi connectivity index (χ3v) is 6.16. The number of rotatable bonds is 9. The van der Waals surface area contributed by atoms with Crippen LogP contribution in [-0.2, 0) is 26.1 Å². The maximum Gasteiger partial charge on any atom is 0.254 e. The van der Waals surface area contributed by atoms with Gasteiger partial charge in [-0.25, -0.2) is 4.98 Å². The highest BCUT2D eigenvalue weighted by Gasteiger charge is 2.17. The van der Waals surface area contributed by atoms with Crippen LogP contribution in [0.5, 0.6) is 5.75 Å². The highest BCUT2D eigenvalue weighted by Crippen LogP contribution is 2.19. The number of ether oxygens (including phenoxy) is 1. The molecule has 0 N–H and O–H groups in total. The maximum absolute atomic E-state index is 13.4. The molecule has 0 aliphatic rings. The van der Waals surface area contributed by atoms with Gasteiger partial charge in [0, 0.05) is 36.4 Å². The SMILES string of the molecule is CCc1ccc(CN(Cc2cccnc2)C(=O)c2ccc(OCc3csc(C)n3)cc2)cc1. The van der Waals surface area contributed by atoms with Gasteiger partial charge in [-0.2, -0.15) is 0 Å². The normalized spacial score (nSPS) is 10.7. The monoisotopic (exact) mass is 457 g/mol. The van der Waals surface area contributed by atoms with Gasteiger partial charge in [0.1, 0.15) is 12.4 Å². The third-order valence-electron chi connectivity index (χ3n) is 5.34. The summed E-state index contributed by atoms with van der Waals surface area (Å²) in [6.45, 7) is 5.55. The van der Waals surface area contributed by atoms with Crippen molar-refractivity contribution < 1.29 is 9.53 Å². The van der Waals surface area contributed by atoms with Crippen molar-refractivity contribution >= 4 is 17.2 Å². The summed E-state index contributed by atoms with van der Waals surface area (Å²) in [4.78, 5) is 23.9. The predicted molar refractivity (Wildman–Crippen MR) is 131 cm³/mol. The van der Waals surface area contributed by atoms with Crippen LogP contribution >= 0.6 is 11.3 Å². The summed E-state index contributed by atoms with van der Waals surface area (Å²) in [5.41, 5.74) is 4.92. The Morgan fingerprint density at radius 1 is 0.970 bits per heavy atom. The van der Waals surface area contributed by atoms with Crippen molar-refractivity contribution in [3.8, 4) is 5.75 Å². The Labute approximate surface area is 198 Å². The Morgan fingerprint density at radius 2 is 1.70 bits per heavy atom. The number of benzene rings is 2. The molecule has 1 amide bonds. The van der Waals surface area contributed by atoms with Crippen molar-refractivity contribution in [1.82, 2.24) is 14.9 Å². The van der Waals surface area contributed by atoms with Gasteiger partial charge < -0.3 is 9.64 Å². The highest BCUT2D eigenvalue weighted by atomic mass is 32.1. The number of amides is 1. The van der Waals surface area contributed by atoms with Crippen LogP contribution in [0, 0.1) is 6.92 Å². The number of carbonyl (C=O) groups is 1. The molecule has 0 aliphatic carbocycles. The van der Waals surface area contributed by atoms with E-state index in [-0.39, 0.29) is 5.91 Å². The van der Waals surface area contributed by atoms with Gasteiger partial charge in [-0.05, 0) is 60.4 Å². The molecule has 4 rings (SSSR count). The van der Waals surface area contributed by atoms with E-state index in [0.29, 0.717) is 31.0 Å².